The van der Waals surface area contributed by atoms with Gasteiger partial charge < -0.3 is 10.5 Å². The molecule has 0 aromatic carbocycles. The molecule has 2 rings (SSSR count). The molecule has 0 heterocycles. The third-order valence-corrected chi connectivity index (χ3v) is 3.77. The molecule has 3 atom stereocenters. The molecular weight excluding hydrogens is 162 g/mol. The van der Waals surface area contributed by atoms with E-state index >= 15 is 0 Å². The van der Waals surface area contributed by atoms with E-state index in [4.69, 9.17) is 10.5 Å². The first-order valence-electron chi connectivity index (χ1n) is 5.55. The second-order valence-electron chi connectivity index (χ2n) is 4.79. The summed E-state index contributed by atoms with van der Waals surface area (Å²) in [7, 11) is 1.76. The van der Waals surface area contributed by atoms with Crippen LogP contribution in [0.2, 0.25) is 0 Å². The zero-order chi connectivity index (χ0) is 9.26. The van der Waals surface area contributed by atoms with Crippen molar-refractivity contribution in [2.75, 3.05) is 13.7 Å². The molecule has 0 saturated heterocycles. The minimum atomic E-state index is 0.447. The van der Waals surface area contributed by atoms with Crippen molar-refractivity contribution in [3.05, 3.63) is 0 Å². The molecule has 13 heavy (non-hydrogen) atoms. The zero-order valence-electron chi connectivity index (χ0n) is 8.54. The molecule has 0 bridgehead atoms. The highest BCUT2D eigenvalue weighted by Gasteiger charge is 2.46. The molecule has 0 amide bonds. The van der Waals surface area contributed by atoms with Gasteiger partial charge in [-0.25, -0.2) is 0 Å². The summed E-state index contributed by atoms with van der Waals surface area (Å²) < 4.78 is 5.03. The molecule has 2 heteroatoms. The average molecular weight is 183 g/mol. The van der Waals surface area contributed by atoms with Crippen LogP contribution in [0.15, 0.2) is 0 Å². The molecule has 2 aliphatic rings. The molecule has 0 spiro atoms. The number of rotatable bonds is 5. The van der Waals surface area contributed by atoms with Crippen LogP contribution in [-0.2, 0) is 4.74 Å². The van der Waals surface area contributed by atoms with Gasteiger partial charge in [-0.2, -0.15) is 0 Å². The van der Waals surface area contributed by atoms with Crippen LogP contribution in [0.1, 0.15) is 32.1 Å². The molecule has 2 N–H and O–H groups in total. The summed E-state index contributed by atoms with van der Waals surface area (Å²) in [6, 6.07) is 0.447. The van der Waals surface area contributed by atoms with Crippen molar-refractivity contribution in [1.29, 1.82) is 0 Å². The van der Waals surface area contributed by atoms with Crippen LogP contribution in [0.3, 0.4) is 0 Å². The van der Waals surface area contributed by atoms with Crippen LogP contribution in [0.25, 0.3) is 0 Å². The predicted molar refractivity (Wildman–Crippen MR) is 53.4 cm³/mol. The average Bonchev–Trinajstić information content (AvgIpc) is 2.74. The van der Waals surface area contributed by atoms with Crippen LogP contribution in [0.5, 0.6) is 0 Å². The van der Waals surface area contributed by atoms with Crippen LogP contribution in [-0.4, -0.2) is 19.8 Å². The molecule has 3 unspecified atom stereocenters. The minimum absolute atomic E-state index is 0.447. The van der Waals surface area contributed by atoms with E-state index in [-0.39, 0.29) is 0 Å². The fourth-order valence-electron chi connectivity index (χ4n) is 2.81. The van der Waals surface area contributed by atoms with Crippen molar-refractivity contribution >= 4 is 0 Å². The molecule has 0 aromatic rings. The molecule has 0 radical (unpaired) electrons. The summed E-state index contributed by atoms with van der Waals surface area (Å²) in [6.45, 7) is 0.868. The Morgan fingerprint density at radius 2 is 2.00 bits per heavy atom. The first kappa shape index (κ1) is 9.47. The van der Waals surface area contributed by atoms with Gasteiger partial charge in [0.05, 0.1) is 0 Å². The van der Waals surface area contributed by atoms with Crippen LogP contribution >= 0.6 is 0 Å². The first-order chi connectivity index (χ1) is 6.31. The largest absolute Gasteiger partial charge is 0.385 e. The Balaban J connectivity index is 1.63. The fraction of sp³-hybridized carbons (Fsp3) is 1.00. The third-order valence-electron chi connectivity index (χ3n) is 3.77. The number of methoxy groups -OCH3 is 1. The van der Waals surface area contributed by atoms with E-state index in [1.54, 1.807) is 7.11 Å². The monoisotopic (exact) mass is 183 g/mol. The molecule has 2 nitrogen and oxygen atoms in total. The van der Waals surface area contributed by atoms with E-state index in [1.165, 1.54) is 19.3 Å². The molecular formula is C11H21NO. The summed E-state index contributed by atoms with van der Waals surface area (Å²) in [5, 5.41) is 0. The van der Waals surface area contributed by atoms with Crippen molar-refractivity contribution in [3.8, 4) is 0 Å². The van der Waals surface area contributed by atoms with Gasteiger partial charge in [0.1, 0.15) is 0 Å². The van der Waals surface area contributed by atoms with Crippen molar-refractivity contribution < 1.29 is 4.74 Å². The van der Waals surface area contributed by atoms with Gasteiger partial charge in [0, 0.05) is 19.8 Å². The maximum atomic E-state index is 6.15. The lowest BCUT2D eigenvalue weighted by atomic mass is 9.92. The molecule has 2 fully saturated rings. The normalized spacial score (nSPS) is 38.8. The quantitative estimate of drug-likeness (QED) is 0.659. The maximum absolute atomic E-state index is 6.15. The Hall–Kier alpha value is -0.0800. The second kappa shape index (κ2) is 3.97. The van der Waals surface area contributed by atoms with E-state index < -0.39 is 0 Å². The van der Waals surface area contributed by atoms with Gasteiger partial charge in [-0.15, -0.1) is 0 Å². The Morgan fingerprint density at radius 3 is 2.62 bits per heavy atom. The molecule has 76 valence electrons. The molecule has 0 aliphatic heterocycles. The molecule has 0 aromatic heterocycles. The Morgan fingerprint density at radius 1 is 1.31 bits per heavy atom. The van der Waals surface area contributed by atoms with Crippen molar-refractivity contribution in [2.45, 2.75) is 38.1 Å². The molecule has 2 saturated carbocycles. The minimum Gasteiger partial charge on any atom is -0.385 e. The standard InChI is InChI=1S/C11H21NO/c1-13-4-2-3-11(12)10-6-8-5-9(8)7-10/h8-11H,2-7,12H2,1H3. The summed E-state index contributed by atoms with van der Waals surface area (Å²) >= 11 is 0. The van der Waals surface area contributed by atoms with Crippen LogP contribution in [0.4, 0.5) is 0 Å². The van der Waals surface area contributed by atoms with Gasteiger partial charge >= 0.3 is 0 Å². The van der Waals surface area contributed by atoms with Gasteiger partial charge in [-0.1, -0.05) is 0 Å². The lowest BCUT2D eigenvalue weighted by molar-refractivity contribution is 0.186. The Labute approximate surface area is 80.8 Å². The van der Waals surface area contributed by atoms with Gasteiger partial charge in [-0.05, 0) is 49.9 Å². The van der Waals surface area contributed by atoms with E-state index in [0.29, 0.717) is 6.04 Å². The fourth-order valence-corrected chi connectivity index (χ4v) is 2.81. The van der Waals surface area contributed by atoms with Crippen LogP contribution < -0.4 is 5.73 Å². The van der Waals surface area contributed by atoms with Crippen molar-refractivity contribution in [3.63, 3.8) is 0 Å². The van der Waals surface area contributed by atoms with Gasteiger partial charge in [-0.3, -0.25) is 0 Å². The maximum Gasteiger partial charge on any atom is 0.0462 e. The van der Waals surface area contributed by atoms with E-state index in [2.05, 4.69) is 0 Å². The number of hydrogen-bond acceptors (Lipinski definition) is 2. The van der Waals surface area contributed by atoms with Gasteiger partial charge in [0.15, 0.2) is 0 Å². The van der Waals surface area contributed by atoms with Crippen molar-refractivity contribution in [2.24, 2.45) is 23.5 Å². The van der Waals surface area contributed by atoms with Gasteiger partial charge in [0.2, 0.25) is 0 Å². The Bertz CT molecular complexity index is 161. The smallest absolute Gasteiger partial charge is 0.0462 e. The Kier molecular flexibility index (Phi) is 2.89. The van der Waals surface area contributed by atoms with Gasteiger partial charge in [0.25, 0.3) is 0 Å². The van der Waals surface area contributed by atoms with Crippen LogP contribution in [0, 0.1) is 17.8 Å². The summed E-state index contributed by atoms with van der Waals surface area (Å²) in [6.07, 6.45) is 6.61. The molecule has 2 aliphatic carbocycles. The highest BCUT2D eigenvalue weighted by Crippen LogP contribution is 2.55. The van der Waals surface area contributed by atoms with Crippen molar-refractivity contribution in [1.82, 2.24) is 0 Å². The predicted octanol–water partition coefficient (Wildman–Crippen LogP) is 1.79. The second-order valence-corrected chi connectivity index (χ2v) is 4.79. The SMILES string of the molecule is COCCCC(N)C1CC2CC2C1. The lowest BCUT2D eigenvalue weighted by Crippen LogP contribution is -2.29. The lowest BCUT2D eigenvalue weighted by Gasteiger charge is -2.20. The zero-order valence-corrected chi connectivity index (χ0v) is 8.54. The number of fused-ring (bicyclic) bond motifs is 1. The number of ether oxygens (including phenoxy) is 1. The number of hydrogen-bond donors (Lipinski definition) is 1. The highest BCUT2D eigenvalue weighted by molar-refractivity contribution is 4.98. The summed E-state index contributed by atoms with van der Waals surface area (Å²) in [5.74, 6) is 2.97. The van der Waals surface area contributed by atoms with E-state index in [0.717, 1.165) is 37.2 Å². The first-order valence-corrected chi connectivity index (χ1v) is 5.55. The summed E-state index contributed by atoms with van der Waals surface area (Å²) in [4.78, 5) is 0. The highest BCUT2D eigenvalue weighted by atomic mass is 16.5. The summed E-state index contributed by atoms with van der Waals surface area (Å²) in [5.41, 5.74) is 6.15. The topological polar surface area (TPSA) is 35.2 Å². The number of nitrogens with two attached hydrogens (primary N) is 1. The van der Waals surface area contributed by atoms with E-state index in [9.17, 15) is 0 Å². The van der Waals surface area contributed by atoms with E-state index in [1.807, 2.05) is 0 Å². The third kappa shape index (κ3) is 2.23.